The van der Waals surface area contributed by atoms with Gasteiger partial charge in [-0.2, -0.15) is 0 Å². The van der Waals surface area contributed by atoms with E-state index in [-0.39, 0.29) is 30.4 Å². The van der Waals surface area contributed by atoms with E-state index in [9.17, 15) is 9.59 Å². The first-order valence-corrected chi connectivity index (χ1v) is 13.3. The van der Waals surface area contributed by atoms with Crippen LogP contribution in [-0.2, 0) is 11.2 Å². The minimum absolute atomic E-state index is 0.0194. The molecule has 190 valence electrons. The normalized spacial score (nSPS) is 15.7. The van der Waals surface area contributed by atoms with Crippen molar-refractivity contribution in [1.29, 1.82) is 0 Å². The molecule has 36 heavy (non-hydrogen) atoms. The Bertz CT molecular complexity index is 1190. The second-order valence-corrected chi connectivity index (χ2v) is 10.2. The Morgan fingerprint density at radius 1 is 1.14 bits per heavy atom. The third kappa shape index (κ3) is 5.73. The quantitative estimate of drug-likeness (QED) is 0.384. The molecule has 1 aromatic heterocycles. The van der Waals surface area contributed by atoms with Crippen LogP contribution in [0.2, 0.25) is 0 Å². The Hall–Kier alpha value is -3.32. The van der Waals surface area contributed by atoms with Crippen molar-refractivity contribution in [2.45, 2.75) is 45.7 Å². The van der Waals surface area contributed by atoms with Crippen LogP contribution in [0.1, 0.15) is 52.7 Å². The zero-order valence-electron chi connectivity index (χ0n) is 21.4. The molecule has 4 rings (SSSR count). The molecule has 0 radical (unpaired) electrons. The Balaban J connectivity index is 1.54. The topological polar surface area (TPSA) is 59.1 Å². The summed E-state index contributed by atoms with van der Waals surface area (Å²) < 4.78 is 11.4. The first-order valence-electron chi connectivity index (χ1n) is 12.4. The first kappa shape index (κ1) is 25.8. The second kappa shape index (κ2) is 11.6. The highest BCUT2D eigenvalue weighted by molar-refractivity contribution is 7.10. The van der Waals surface area contributed by atoms with E-state index in [1.807, 2.05) is 49.9 Å². The van der Waals surface area contributed by atoms with E-state index >= 15 is 0 Å². The van der Waals surface area contributed by atoms with Gasteiger partial charge in [0, 0.05) is 23.0 Å². The summed E-state index contributed by atoms with van der Waals surface area (Å²) in [7, 11) is 1.58. The molecule has 1 aliphatic rings. The van der Waals surface area contributed by atoms with Crippen LogP contribution in [0.4, 0.5) is 0 Å². The van der Waals surface area contributed by atoms with Crippen molar-refractivity contribution < 1.29 is 19.1 Å². The second-order valence-electron chi connectivity index (χ2n) is 9.20. The van der Waals surface area contributed by atoms with Crippen LogP contribution in [0.5, 0.6) is 11.5 Å². The predicted molar refractivity (Wildman–Crippen MR) is 143 cm³/mol. The Morgan fingerprint density at radius 3 is 2.64 bits per heavy atom. The van der Waals surface area contributed by atoms with Gasteiger partial charge in [0.1, 0.15) is 24.7 Å². The van der Waals surface area contributed by atoms with Crippen molar-refractivity contribution in [3.05, 3.63) is 81.5 Å². The van der Waals surface area contributed by atoms with Crippen molar-refractivity contribution in [3.63, 3.8) is 0 Å². The molecule has 0 aliphatic carbocycles. The highest BCUT2D eigenvalue weighted by Gasteiger charge is 2.34. The molecule has 0 spiro atoms. The lowest BCUT2D eigenvalue weighted by Gasteiger charge is -2.38. The van der Waals surface area contributed by atoms with Crippen molar-refractivity contribution in [3.8, 4) is 11.5 Å². The number of hydrogen-bond donors (Lipinski definition) is 0. The average Bonchev–Trinajstić information content (AvgIpc) is 3.39. The molecule has 2 aromatic carbocycles. The highest BCUT2D eigenvalue weighted by atomic mass is 32.1. The number of carbonyl (C=O) groups excluding carboxylic acids is 2. The highest BCUT2D eigenvalue weighted by Crippen LogP contribution is 2.34. The van der Waals surface area contributed by atoms with Gasteiger partial charge in [-0.05, 0) is 74.0 Å². The number of carbonyl (C=O) groups is 2. The molecule has 3 aromatic rings. The number of ether oxygens (including phenoxy) is 2. The van der Waals surface area contributed by atoms with Crippen molar-refractivity contribution >= 4 is 23.2 Å². The summed E-state index contributed by atoms with van der Waals surface area (Å²) in [4.78, 5) is 32.1. The number of rotatable bonds is 9. The van der Waals surface area contributed by atoms with Gasteiger partial charge < -0.3 is 19.3 Å². The van der Waals surface area contributed by atoms with E-state index in [1.165, 1.54) is 10.4 Å². The monoisotopic (exact) mass is 506 g/mol. The van der Waals surface area contributed by atoms with E-state index in [0.29, 0.717) is 24.5 Å². The number of nitrogens with zero attached hydrogens (tertiary/aromatic N) is 2. The minimum Gasteiger partial charge on any atom is -0.497 e. The van der Waals surface area contributed by atoms with Crippen LogP contribution in [0.3, 0.4) is 0 Å². The van der Waals surface area contributed by atoms with Gasteiger partial charge in [0.05, 0.1) is 13.2 Å². The largest absolute Gasteiger partial charge is 0.497 e. The van der Waals surface area contributed by atoms with Crippen molar-refractivity contribution in [1.82, 2.24) is 9.80 Å². The molecular weight excluding hydrogens is 472 g/mol. The smallest absolute Gasteiger partial charge is 0.254 e. The lowest BCUT2D eigenvalue weighted by molar-refractivity contribution is -0.136. The van der Waals surface area contributed by atoms with E-state index in [2.05, 4.69) is 11.4 Å². The summed E-state index contributed by atoms with van der Waals surface area (Å²) in [5.41, 5.74) is 2.82. The SMILES string of the molecule is CC[C@H](C)N(CC(=O)N1CCc2sccc2[C@H]1COc1ccc(C)cc1)C(=O)c1cccc(OC)c1. The van der Waals surface area contributed by atoms with Crippen LogP contribution < -0.4 is 9.47 Å². The first-order chi connectivity index (χ1) is 17.4. The van der Waals surface area contributed by atoms with Crippen LogP contribution in [0, 0.1) is 6.92 Å². The van der Waals surface area contributed by atoms with Crippen LogP contribution in [0.15, 0.2) is 60.0 Å². The zero-order valence-corrected chi connectivity index (χ0v) is 22.2. The number of methoxy groups -OCH3 is 1. The Labute approximate surface area is 217 Å². The van der Waals surface area contributed by atoms with Gasteiger partial charge in [0.25, 0.3) is 5.91 Å². The molecule has 0 bridgehead atoms. The maximum Gasteiger partial charge on any atom is 0.254 e. The molecule has 0 N–H and O–H groups in total. The Kier molecular flexibility index (Phi) is 8.31. The summed E-state index contributed by atoms with van der Waals surface area (Å²) >= 11 is 1.72. The lowest BCUT2D eigenvalue weighted by Crippen LogP contribution is -2.49. The minimum atomic E-state index is -0.195. The third-order valence-electron chi connectivity index (χ3n) is 6.85. The molecule has 2 amide bonds. The van der Waals surface area contributed by atoms with E-state index in [0.717, 1.165) is 24.2 Å². The zero-order chi connectivity index (χ0) is 25.7. The molecule has 0 fully saturated rings. The number of benzene rings is 2. The third-order valence-corrected chi connectivity index (χ3v) is 7.85. The molecule has 2 atom stereocenters. The van der Waals surface area contributed by atoms with Crippen molar-refractivity contribution in [2.75, 3.05) is 26.8 Å². The average molecular weight is 507 g/mol. The number of thiophene rings is 1. The van der Waals surface area contributed by atoms with Crippen molar-refractivity contribution in [2.24, 2.45) is 0 Å². The molecule has 7 heteroatoms. The maximum absolute atomic E-state index is 13.7. The Morgan fingerprint density at radius 2 is 1.92 bits per heavy atom. The van der Waals surface area contributed by atoms with Gasteiger partial charge in [-0.3, -0.25) is 9.59 Å². The van der Waals surface area contributed by atoms with Crippen LogP contribution in [-0.4, -0.2) is 54.5 Å². The maximum atomic E-state index is 13.7. The van der Waals surface area contributed by atoms with Crippen LogP contribution in [0.25, 0.3) is 0 Å². The molecular formula is C29H34N2O4S. The molecule has 1 aliphatic heterocycles. The standard InChI is InChI=1S/C29H34N2O4S/c1-5-21(3)31(29(33)22-7-6-8-24(17-22)34-4)18-28(32)30-15-13-27-25(14-16-36-27)26(30)19-35-23-11-9-20(2)10-12-23/h6-12,14,16-17,21,26H,5,13,15,18-19H2,1-4H3/t21-,26+/m0/s1. The number of fused-ring (bicyclic) bond motifs is 1. The van der Waals surface area contributed by atoms with E-state index in [1.54, 1.807) is 47.6 Å². The van der Waals surface area contributed by atoms with Gasteiger partial charge >= 0.3 is 0 Å². The summed E-state index contributed by atoms with van der Waals surface area (Å²) in [6.07, 6.45) is 1.56. The summed E-state index contributed by atoms with van der Waals surface area (Å²) in [5.74, 6) is 1.16. The van der Waals surface area contributed by atoms with Gasteiger partial charge in [0.2, 0.25) is 5.91 Å². The molecule has 0 unspecified atom stereocenters. The fraction of sp³-hybridized carbons (Fsp3) is 0.379. The lowest BCUT2D eigenvalue weighted by atomic mass is 10.00. The van der Waals surface area contributed by atoms with E-state index in [4.69, 9.17) is 9.47 Å². The van der Waals surface area contributed by atoms with E-state index < -0.39 is 0 Å². The number of amides is 2. The van der Waals surface area contributed by atoms with Crippen LogP contribution >= 0.6 is 11.3 Å². The van der Waals surface area contributed by atoms with Gasteiger partial charge in [0.15, 0.2) is 0 Å². The van der Waals surface area contributed by atoms with Gasteiger partial charge in [-0.15, -0.1) is 11.3 Å². The number of aryl methyl sites for hydroxylation is 1. The van der Waals surface area contributed by atoms with Gasteiger partial charge in [-0.25, -0.2) is 0 Å². The van der Waals surface area contributed by atoms with Gasteiger partial charge in [-0.1, -0.05) is 30.7 Å². The molecule has 0 saturated carbocycles. The number of hydrogen-bond acceptors (Lipinski definition) is 5. The summed E-state index contributed by atoms with van der Waals surface area (Å²) in [5, 5.41) is 2.08. The molecule has 0 saturated heterocycles. The summed E-state index contributed by atoms with van der Waals surface area (Å²) in [6.45, 7) is 7.04. The predicted octanol–water partition coefficient (Wildman–Crippen LogP) is 5.51. The fourth-order valence-electron chi connectivity index (χ4n) is 4.49. The molecule has 6 nitrogen and oxygen atoms in total. The fourth-order valence-corrected chi connectivity index (χ4v) is 5.42. The molecule has 2 heterocycles. The summed E-state index contributed by atoms with van der Waals surface area (Å²) in [6, 6.07) is 16.8.